The van der Waals surface area contributed by atoms with Crippen molar-refractivity contribution in [3.8, 4) is 39.8 Å². The molecule has 0 aliphatic heterocycles. The molecule has 2 aromatic carbocycles. The van der Waals surface area contributed by atoms with Crippen molar-refractivity contribution in [1.29, 1.82) is 0 Å². The van der Waals surface area contributed by atoms with E-state index in [-0.39, 0.29) is 5.82 Å². The van der Waals surface area contributed by atoms with Crippen molar-refractivity contribution in [2.24, 2.45) is 0 Å². The lowest BCUT2D eigenvalue weighted by molar-refractivity contribution is 0.324. The molecule has 124 valence electrons. The Morgan fingerprint density at radius 3 is 2.17 bits per heavy atom. The maximum atomic E-state index is 13.9. The van der Waals surface area contributed by atoms with Crippen molar-refractivity contribution in [3.63, 3.8) is 0 Å². The number of methoxy groups -OCH3 is 3. The van der Waals surface area contributed by atoms with E-state index in [2.05, 4.69) is 5.16 Å². The number of ether oxygens (including phenoxy) is 3. The minimum Gasteiger partial charge on any atom is -0.493 e. The Morgan fingerprint density at radius 2 is 1.58 bits per heavy atom. The first-order chi connectivity index (χ1) is 11.7. The van der Waals surface area contributed by atoms with Gasteiger partial charge in [0.25, 0.3) is 0 Å². The minimum atomic E-state index is -0.359. The highest BCUT2D eigenvalue weighted by molar-refractivity contribution is 5.71. The first-order valence-corrected chi connectivity index (χ1v) is 7.20. The fourth-order valence-corrected chi connectivity index (χ4v) is 2.43. The summed E-state index contributed by atoms with van der Waals surface area (Å²) in [4.78, 5) is 0. The second-order valence-corrected chi connectivity index (χ2v) is 4.97. The third kappa shape index (κ3) is 2.78. The summed E-state index contributed by atoms with van der Waals surface area (Å²) in [6.07, 6.45) is 0. The van der Waals surface area contributed by atoms with Crippen molar-refractivity contribution in [3.05, 3.63) is 48.3 Å². The van der Waals surface area contributed by atoms with E-state index >= 15 is 0 Å². The molecule has 5 nitrogen and oxygen atoms in total. The molecule has 0 radical (unpaired) electrons. The number of benzene rings is 2. The molecule has 0 amide bonds. The molecule has 0 bridgehead atoms. The van der Waals surface area contributed by atoms with Crippen LogP contribution in [-0.4, -0.2) is 26.5 Å². The summed E-state index contributed by atoms with van der Waals surface area (Å²) >= 11 is 0. The predicted octanol–water partition coefficient (Wildman–Crippen LogP) is 4.17. The number of aromatic nitrogens is 1. The van der Waals surface area contributed by atoms with Gasteiger partial charge in [-0.2, -0.15) is 0 Å². The lowest BCUT2D eigenvalue weighted by Crippen LogP contribution is -1.95. The number of halogens is 1. The van der Waals surface area contributed by atoms with Crippen LogP contribution in [-0.2, 0) is 0 Å². The van der Waals surface area contributed by atoms with Gasteiger partial charge < -0.3 is 18.7 Å². The molecule has 0 N–H and O–H groups in total. The number of hydrogen-bond donors (Lipinski definition) is 0. The molecule has 0 aliphatic rings. The van der Waals surface area contributed by atoms with Crippen LogP contribution in [0.2, 0.25) is 0 Å². The predicted molar refractivity (Wildman–Crippen MR) is 87.0 cm³/mol. The van der Waals surface area contributed by atoms with E-state index in [9.17, 15) is 4.39 Å². The Bertz CT molecular complexity index is 835. The summed E-state index contributed by atoms with van der Waals surface area (Å²) in [7, 11) is 4.60. The van der Waals surface area contributed by atoms with Crippen molar-refractivity contribution in [1.82, 2.24) is 5.16 Å². The maximum Gasteiger partial charge on any atom is 0.203 e. The van der Waals surface area contributed by atoms with Crippen molar-refractivity contribution in [2.45, 2.75) is 0 Å². The Hall–Kier alpha value is -3.02. The van der Waals surface area contributed by atoms with Crippen LogP contribution in [0.5, 0.6) is 17.2 Å². The van der Waals surface area contributed by atoms with E-state index in [1.165, 1.54) is 27.4 Å². The van der Waals surface area contributed by atoms with Gasteiger partial charge in [0.2, 0.25) is 5.75 Å². The van der Waals surface area contributed by atoms with Gasteiger partial charge in [0.05, 0.1) is 21.3 Å². The average Bonchev–Trinajstić information content (AvgIpc) is 3.10. The molecular formula is C18H16FNO4. The molecule has 0 atom stereocenters. The van der Waals surface area contributed by atoms with Crippen molar-refractivity contribution in [2.75, 3.05) is 21.3 Å². The minimum absolute atomic E-state index is 0.359. The second-order valence-electron chi connectivity index (χ2n) is 4.97. The zero-order valence-corrected chi connectivity index (χ0v) is 13.5. The van der Waals surface area contributed by atoms with Crippen LogP contribution in [0.4, 0.5) is 4.39 Å². The highest BCUT2D eigenvalue weighted by Gasteiger charge is 2.17. The van der Waals surface area contributed by atoms with E-state index in [4.69, 9.17) is 18.7 Å². The fraction of sp³-hybridized carbons (Fsp3) is 0.167. The largest absolute Gasteiger partial charge is 0.493 e. The van der Waals surface area contributed by atoms with Gasteiger partial charge >= 0.3 is 0 Å². The topological polar surface area (TPSA) is 53.7 Å². The molecule has 0 saturated heterocycles. The number of nitrogens with zero attached hydrogens (tertiary/aromatic N) is 1. The molecule has 1 heterocycles. The van der Waals surface area contributed by atoms with E-state index in [0.717, 1.165) is 0 Å². The fourth-order valence-electron chi connectivity index (χ4n) is 2.43. The molecule has 0 aliphatic carbocycles. The molecular weight excluding hydrogens is 313 g/mol. The molecule has 0 fully saturated rings. The van der Waals surface area contributed by atoms with Gasteiger partial charge in [0.15, 0.2) is 17.3 Å². The van der Waals surface area contributed by atoms with Gasteiger partial charge in [0, 0.05) is 17.2 Å². The molecule has 3 aromatic rings. The summed E-state index contributed by atoms with van der Waals surface area (Å²) in [5.74, 6) is 1.58. The Labute approximate surface area is 138 Å². The lowest BCUT2D eigenvalue weighted by atomic mass is 10.1. The second kappa shape index (κ2) is 6.62. The van der Waals surface area contributed by atoms with Gasteiger partial charge in [-0.25, -0.2) is 4.39 Å². The van der Waals surface area contributed by atoms with Gasteiger partial charge in [-0.15, -0.1) is 0 Å². The lowest BCUT2D eigenvalue weighted by Gasteiger charge is -2.12. The summed E-state index contributed by atoms with van der Waals surface area (Å²) in [6, 6.07) is 11.5. The molecule has 24 heavy (non-hydrogen) atoms. The van der Waals surface area contributed by atoms with Crippen LogP contribution in [0.1, 0.15) is 0 Å². The number of hydrogen-bond acceptors (Lipinski definition) is 5. The first-order valence-electron chi connectivity index (χ1n) is 7.20. The van der Waals surface area contributed by atoms with E-state index in [1.54, 1.807) is 36.4 Å². The van der Waals surface area contributed by atoms with E-state index < -0.39 is 0 Å². The van der Waals surface area contributed by atoms with Crippen LogP contribution >= 0.6 is 0 Å². The van der Waals surface area contributed by atoms with Crippen LogP contribution in [0.25, 0.3) is 22.6 Å². The van der Waals surface area contributed by atoms with Crippen LogP contribution in [0.3, 0.4) is 0 Å². The average molecular weight is 329 g/mol. The highest BCUT2D eigenvalue weighted by Crippen LogP contribution is 2.41. The Kier molecular flexibility index (Phi) is 4.37. The van der Waals surface area contributed by atoms with E-state index in [0.29, 0.717) is 39.8 Å². The highest BCUT2D eigenvalue weighted by atomic mass is 19.1. The summed E-state index contributed by atoms with van der Waals surface area (Å²) < 4.78 is 35.2. The smallest absolute Gasteiger partial charge is 0.203 e. The Balaban J connectivity index is 2.06. The normalized spacial score (nSPS) is 10.5. The zero-order valence-electron chi connectivity index (χ0n) is 13.5. The van der Waals surface area contributed by atoms with Crippen LogP contribution in [0, 0.1) is 5.82 Å². The van der Waals surface area contributed by atoms with Crippen molar-refractivity contribution >= 4 is 0 Å². The third-order valence-electron chi connectivity index (χ3n) is 3.61. The van der Waals surface area contributed by atoms with Crippen LogP contribution in [0.15, 0.2) is 47.0 Å². The first kappa shape index (κ1) is 15.9. The standard InChI is InChI=1S/C18H16FNO4/c1-21-16-8-11(9-17(22-2)18(16)23-3)15-10-14(20-24-15)12-6-4-5-7-13(12)19/h4-10H,1-3H3. The van der Waals surface area contributed by atoms with Gasteiger partial charge in [-0.3, -0.25) is 0 Å². The summed E-state index contributed by atoms with van der Waals surface area (Å²) in [6.45, 7) is 0. The van der Waals surface area contributed by atoms with E-state index in [1.807, 2.05) is 0 Å². The van der Waals surface area contributed by atoms with Gasteiger partial charge in [-0.1, -0.05) is 17.3 Å². The quantitative estimate of drug-likeness (QED) is 0.703. The monoisotopic (exact) mass is 329 g/mol. The van der Waals surface area contributed by atoms with Gasteiger partial charge in [0.1, 0.15) is 11.5 Å². The zero-order chi connectivity index (χ0) is 17.1. The third-order valence-corrected chi connectivity index (χ3v) is 3.61. The molecule has 1 aromatic heterocycles. The molecule has 6 heteroatoms. The molecule has 0 spiro atoms. The Morgan fingerprint density at radius 1 is 0.917 bits per heavy atom. The molecule has 0 saturated carbocycles. The molecule has 0 unspecified atom stereocenters. The number of rotatable bonds is 5. The van der Waals surface area contributed by atoms with Crippen molar-refractivity contribution < 1.29 is 23.1 Å². The molecule has 3 rings (SSSR count). The summed E-state index contributed by atoms with van der Waals surface area (Å²) in [5, 5.41) is 3.95. The summed E-state index contributed by atoms with van der Waals surface area (Å²) in [5.41, 5.74) is 1.47. The maximum absolute atomic E-state index is 13.9. The SMILES string of the molecule is COc1cc(-c2cc(-c3ccccc3F)no2)cc(OC)c1OC. The van der Waals surface area contributed by atoms with Crippen LogP contribution < -0.4 is 14.2 Å². The van der Waals surface area contributed by atoms with Gasteiger partial charge in [-0.05, 0) is 24.3 Å².